The Kier molecular flexibility index (Phi) is 5.25. The Balaban J connectivity index is 1.67. The van der Waals surface area contributed by atoms with E-state index in [1.54, 1.807) is 18.3 Å². The number of rotatable bonds is 6. The Hall–Kier alpha value is -2.83. The third-order valence-electron chi connectivity index (χ3n) is 4.65. The van der Waals surface area contributed by atoms with Crippen LogP contribution in [0.15, 0.2) is 30.6 Å². The summed E-state index contributed by atoms with van der Waals surface area (Å²) in [5, 5.41) is 12.3. The topological polar surface area (TPSA) is 78.8 Å². The van der Waals surface area contributed by atoms with E-state index in [1.165, 1.54) is 10.9 Å². The van der Waals surface area contributed by atoms with Gasteiger partial charge in [-0.15, -0.1) is 10.2 Å². The second-order valence-electron chi connectivity index (χ2n) is 6.68. The molecule has 0 saturated carbocycles. The molecule has 2 heterocycles. The van der Waals surface area contributed by atoms with Crippen LogP contribution in [-0.2, 0) is 13.1 Å². The number of aromatic nitrogens is 4. The van der Waals surface area contributed by atoms with Crippen molar-refractivity contribution in [2.24, 2.45) is 0 Å². The highest BCUT2D eigenvalue weighted by Crippen LogP contribution is 2.22. The smallest absolute Gasteiger partial charge is 0.318 e. The van der Waals surface area contributed by atoms with Crippen LogP contribution in [0.3, 0.4) is 0 Å². The number of amides is 2. The molecule has 0 aliphatic carbocycles. The van der Waals surface area contributed by atoms with Crippen molar-refractivity contribution in [3.8, 4) is 0 Å². The zero-order valence-electron chi connectivity index (χ0n) is 15.8. The first-order valence-electron chi connectivity index (χ1n) is 8.96. The number of carbonyl (C=O) groups excluding carboxylic acids is 1. The van der Waals surface area contributed by atoms with Crippen LogP contribution >= 0.6 is 0 Å². The van der Waals surface area contributed by atoms with E-state index in [9.17, 15) is 4.79 Å². The largest absolute Gasteiger partial charge is 0.357 e. The van der Waals surface area contributed by atoms with Crippen LogP contribution in [0.25, 0.3) is 10.9 Å². The molecule has 0 aliphatic heterocycles. The molecule has 7 heteroatoms. The lowest BCUT2D eigenvalue weighted by atomic mass is 10.1. The summed E-state index contributed by atoms with van der Waals surface area (Å²) in [6.45, 7) is 7.46. The molecule has 0 saturated heterocycles. The average Bonchev–Trinajstić information content (AvgIpc) is 3.21. The molecule has 3 rings (SSSR count). The number of aromatic amines is 1. The van der Waals surface area contributed by atoms with Gasteiger partial charge < -0.3 is 19.8 Å². The van der Waals surface area contributed by atoms with E-state index in [1.807, 2.05) is 23.6 Å². The molecule has 2 amide bonds. The zero-order valence-corrected chi connectivity index (χ0v) is 15.8. The lowest BCUT2D eigenvalue weighted by molar-refractivity contribution is 0.202. The van der Waals surface area contributed by atoms with E-state index in [-0.39, 0.29) is 12.1 Å². The lowest BCUT2D eigenvalue weighted by Gasteiger charge is -2.21. The normalized spacial score (nSPS) is 12.3. The minimum Gasteiger partial charge on any atom is -0.357 e. The molecule has 1 aromatic carbocycles. The fourth-order valence-electron chi connectivity index (χ4n) is 3.18. The SMILES string of the molecule is CCCn1cnnc1[C@H](C)NC(=O)N(C)Cc1[nH]c2ccccc2c1C. The maximum Gasteiger partial charge on any atom is 0.318 e. The molecule has 26 heavy (non-hydrogen) atoms. The highest BCUT2D eigenvalue weighted by Gasteiger charge is 2.19. The first-order chi connectivity index (χ1) is 12.5. The van der Waals surface area contributed by atoms with Gasteiger partial charge in [-0.1, -0.05) is 25.1 Å². The van der Waals surface area contributed by atoms with Crippen LogP contribution < -0.4 is 5.32 Å². The zero-order chi connectivity index (χ0) is 18.7. The quantitative estimate of drug-likeness (QED) is 0.712. The minimum atomic E-state index is -0.206. The maximum absolute atomic E-state index is 12.6. The number of nitrogens with zero attached hydrogens (tertiary/aromatic N) is 4. The third-order valence-corrected chi connectivity index (χ3v) is 4.65. The average molecular weight is 354 g/mol. The number of para-hydroxylation sites is 1. The summed E-state index contributed by atoms with van der Waals surface area (Å²) in [5.74, 6) is 0.774. The molecule has 7 nitrogen and oxygen atoms in total. The number of carbonyl (C=O) groups is 1. The van der Waals surface area contributed by atoms with Gasteiger partial charge in [-0.25, -0.2) is 4.79 Å². The van der Waals surface area contributed by atoms with E-state index in [0.717, 1.165) is 30.0 Å². The van der Waals surface area contributed by atoms with Crippen LogP contribution in [0.1, 0.15) is 43.4 Å². The second kappa shape index (κ2) is 7.59. The van der Waals surface area contributed by atoms with Gasteiger partial charge in [0.15, 0.2) is 5.82 Å². The Morgan fingerprint density at radius 2 is 2.15 bits per heavy atom. The van der Waals surface area contributed by atoms with Crippen LogP contribution in [0.5, 0.6) is 0 Å². The van der Waals surface area contributed by atoms with Crippen molar-refractivity contribution >= 4 is 16.9 Å². The maximum atomic E-state index is 12.6. The number of hydrogen-bond acceptors (Lipinski definition) is 3. The Morgan fingerprint density at radius 1 is 1.38 bits per heavy atom. The van der Waals surface area contributed by atoms with E-state index < -0.39 is 0 Å². The van der Waals surface area contributed by atoms with Crippen LogP contribution in [-0.4, -0.2) is 37.7 Å². The van der Waals surface area contributed by atoms with Crippen molar-refractivity contribution in [2.75, 3.05) is 7.05 Å². The summed E-state index contributed by atoms with van der Waals surface area (Å²) in [4.78, 5) is 17.7. The number of benzene rings is 1. The number of aryl methyl sites for hydroxylation is 2. The first kappa shape index (κ1) is 18.0. The standard InChI is InChI=1S/C19H26N6O/c1-5-10-25-12-20-23-18(25)14(3)21-19(26)24(4)11-17-13(2)15-8-6-7-9-16(15)22-17/h6-9,12,14,22H,5,10-11H2,1-4H3,(H,21,26)/t14-/m0/s1. The van der Waals surface area contributed by atoms with Gasteiger partial charge in [-0.3, -0.25) is 0 Å². The molecule has 0 fully saturated rings. The molecule has 0 aliphatic rings. The van der Waals surface area contributed by atoms with E-state index in [4.69, 9.17) is 0 Å². The number of fused-ring (bicyclic) bond motifs is 1. The van der Waals surface area contributed by atoms with E-state index in [0.29, 0.717) is 6.54 Å². The third kappa shape index (κ3) is 3.56. The number of hydrogen-bond donors (Lipinski definition) is 2. The first-order valence-corrected chi connectivity index (χ1v) is 8.96. The molecular formula is C19H26N6O. The predicted molar refractivity (Wildman–Crippen MR) is 102 cm³/mol. The molecule has 3 aromatic rings. The monoisotopic (exact) mass is 354 g/mol. The number of nitrogens with one attached hydrogen (secondary N) is 2. The Bertz CT molecular complexity index is 896. The van der Waals surface area contributed by atoms with Crippen LogP contribution in [0.2, 0.25) is 0 Å². The fourth-order valence-corrected chi connectivity index (χ4v) is 3.18. The molecule has 2 aromatic heterocycles. The van der Waals surface area contributed by atoms with Gasteiger partial charge in [0.25, 0.3) is 0 Å². The summed E-state index contributed by atoms with van der Waals surface area (Å²) in [7, 11) is 1.80. The van der Waals surface area contributed by atoms with E-state index in [2.05, 4.69) is 46.5 Å². The van der Waals surface area contributed by atoms with Gasteiger partial charge in [0, 0.05) is 30.2 Å². The summed E-state index contributed by atoms with van der Waals surface area (Å²) < 4.78 is 1.98. The molecule has 2 N–H and O–H groups in total. The molecule has 0 spiro atoms. The van der Waals surface area contributed by atoms with Crippen molar-refractivity contribution in [1.29, 1.82) is 0 Å². The highest BCUT2D eigenvalue weighted by atomic mass is 16.2. The van der Waals surface area contributed by atoms with Crippen molar-refractivity contribution < 1.29 is 4.79 Å². The molecule has 0 bridgehead atoms. The number of urea groups is 1. The van der Waals surface area contributed by atoms with Crippen molar-refractivity contribution in [1.82, 2.24) is 30.0 Å². The van der Waals surface area contributed by atoms with Crippen molar-refractivity contribution in [2.45, 2.75) is 46.3 Å². The summed E-state index contributed by atoms with van der Waals surface area (Å²) in [6, 6.07) is 7.83. The van der Waals surface area contributed by atoms with Gasteiger partial charge in [-0.2, -0.15) is 0 Å². The molecular weight excluding hydrogens is 328 g/mol. The minimum absolute atomic E-state index is 0.137. The van der Waals surface area contributed by atoms with Crippen molar-refractivity contribution in [3.05, 3.63) is 47.7 Å². The predicted octanol–water partition coefficient (Wildman–Crippen LogP) is 3.38. The Labute approximate surface area is 153 Å². The summed E-state index contributed by atoms with van der Waals surface area (Å²) >= 11 is 0. The van der Waals surface area contributed by atoms with Crippen molar-refractivity contribution in [3.63, 3.8) is 0 Å². The van der Waals surface area contributed by atoms with E-state index >= 15 is 0 Å². The summed E-state index contributed by atoms with van der Waals surface area (Å²) in [6.07, 6.45) is 2.70. The van der Waals surface area contributed by atoms with Crippen LogP contribution in [0.4, 0.5) is 4.79 Å². The van der Waals surface area contributed by atoms with Gasteiger partial charge in [0.05, 0.1) is 12.6 Å². The molecule has 0 radical (unpaired) electrons. The Morgan fingerprint density at radius 3 is 2.88 bits per heavy atom. The highest BCUT2D eigenvalue weighted by molar-refractivity contribution is 5.84. The lowest BCUT2D eigenvalue weighted by Crippen LogP contribution is -2.39. The molecule has 0 unspecified atom stereocenters. The van der Waals surface area contributed by atoms with Gasteiger partial charge >= 0.3 is 6.03 Å². The van der Waals surface area contributed by atoms with Gasteiger partial charge in [0.2, 0.25) is 0 Å². The summed E-state index contributed by atoms with van der Waals surface area (Å²) in [5.41, 5.74) is 3.32. The molecule has 1 atom stereocenters. The second-order valence-corrected chi connectivity index (χ2v) is 6.68. The molecule has 138 valence electrons. The van der Waals surface area contributed by atoms with Gasteiger partial charge in [-0.05, 0) is 31.9 Å². The number of H-pyrrole nitrogens is 1. The van der Waals surface area contributed by atoms with Crippen LogP contribution in [0, 0.1) is 6.92 Å². The fraction of sp³-hybridized carbons (Fsp3) is 0.421. The van der Waals surface area contributed by atoms with Gasteiger partial charge in [0.1, 0.15) is 6.33 Å².